The zero-order valence-corrected chi connectivity index (χ0v) is 13.4. The van der Waals surface area contributed by atoms with Crippen LogP contribution in [0.15, 0.2) is 18.2 Å². The first kappa shape index (κ1) is 16.4. The molecule has 22 heavy (non-hydrogen) atoms. The van der Waals surface area contributed by atoms with E-state index in [1.54, 1.807) is 26.0 Å². The summed E-state index contributed by atoms with van der Waals surface area (Å²) in [4.78, 5) is 26.1. The first-order valence-corrected chi connectivity index (χ1v) is 7.54. The third-order valence-corrected chi connectivity index (χ3v) is 4.22. The number of hydrogen-bond donors (Lipinski definition) is 0. The molecule has 2 rings (SSSR count). The van der Waals surface area contributed by atoms with Crippen molar-refractivity contribution in [2.45, 2.75) is 26.8 Å². The lowest BCUT2D eigenvalue weighted by atomic mass is 10.1. The van der Waals surface area contributed by atoms with E-state index >= 15 is 0 Å². The number of nitro benzene ring substituents is 1. The Morgan fingerprint density at radius 2 is 2.23 bits per heavy atom. The fourth-order valence-corrected chi connectivity index (χ4v) is 3.03. The lowest BCUT2D eigenvalue weighted by molar-refractivity contribution is -0.385. The van der Waals surface area contributed by atoms with Crippen molar-refractivity contribution in [2.24, 2.45) is 5.92 Å². The van der Waals surface area contributed by atoms with Gasteiger partial charge in [-0.2, -0.15) is 0 Å². The van der Waals surface area contributed by atoms with E-state index in [0.717, 1.165) is 31.6 Å². The molecular weight excluding hydrogens is 282 g/mol. The summed E-state index contributed by atoms with van der Waals surface area (Å²) in [7, 11) is 2.02. The molecule has 1 aromatic carbocycles. The number of carbonyl (C=O) groups is 1. The Morgan fingerprint density at radius 1 is 1.50 bits per heavy atom. The molecule has 1 fully saturated rings. The molecule has 1 aliphatic rings. The molecule has 1 aliphatic heterocycles. The zero-order valence-electron chi connectivity index (χ0n) is 13.4. The average molecular weight is 305 g/mol. The summed E-state index contributed by atoms with van der Waals surface area (Å²) in [6, 6.07) is 5.39. The normalized spacial score (nSPS) is 18.0. The van der Waals surface area contributed by atoms with Crippen LogP contribution >= 0.6 is 0 Å². The van der Waals surface area contributed by atoms with Gasteiger partial charge in [-0.3, -0.25) is 14.9 Å². The van der Waals surface area contributed by atoms with Crippen molar-refractivity contribution in [3.05, 3.63) is 39.4 Å². The van der Waals surface area contributed by atoms with Gasteiger partial charge in [-0.25, -0.2) is 0 Å². The topological polar surface area (TPSA) is 66.7 Å². The number of nitro groups is 1. The minimum atomic E-state index is -0.333. The third-order valence-electron chi connectivity index (χ3n) is 4.22. The van der Waals surface area contributed by atoms with Gasteiger partial charge < -0.3 is 9.80 Å². The van der Waals surface area contributed by atoms with Crippen LogP contribution in [0.5, 0.6) is 0 Å². The van der Waals surface area contributed by atoms with E-state index in [9.17, 15) is 14.9 Å². The number of aryl methyl sites for hydroxylation is 1. The molecule has 1 saturated heterocycles. The van der Waals surface area contributed by atoms with E-state index < -0.39 is 0 Å². The molecule has 0 spiro atoms. The largest absolute Gasteiger partial charge is 0.343 e. The van der Waals surface area contributed by atoms with Crippen LogP contribution in [0.3, 0.4) is 0 Å². The molecule has 0 N–H and O–H groups in total. The van der Waals surface area contributed by atoms with E-state index in [2.05, 4.69) is 4.90 Å². The number of nitrogens with zero attached hydrogens (tertiary/aromatic N) is 3. The van der Waals surface area contributed by atoms with Crippen LogP contribution < -0.4 is 0 Å². The second-order valence-corrected chi connectivity index (χ2v) is 6.19. The second-order valence-electron chi connectivity index (χ2n) is 6.19. The summed E-state index contributed by atoms with van der Waals surface area (Å²) < 4.78 is 0. The highest BCUT2D eigenvalue weighted by atomic mass is 16.6. The molecule has 0 aliphatic carbocycles. The van der Waals surface area contributed by atoms with Gasteiger partial charge in [0.25, 0.3) is 5.69 Å². The Bertz CT molecular complexity index is 574. The van der Waals surface area contributed by atoms with Crippen molar-refractivity contribution < 1.29 is 9.72 Å². The maximum atomic E-state index is 11.4. The van der Waals surface area contributed by atoms with Gasteiger partial charge >= 0.3 is 0 Å². The predicted molar refractivity (Wildman–Crippen MR) is 84.5 cm³/mol. The SMILES string of the molecule is CC(=O)N1CC[C@@H](CN(C)Cc2ccc(C)c([N+](=O)[O-])c2)C1. The monoisotopic (exact) mass is 305 g/mol. The Balaban J connectivity index is 1.92. The van der Waals surface area contributed by atoms with Crippen LogP contribution in [0, 0.1) is 23.0 Å². The molecule has 0 bridgehead atoms. The van der Waals surface area contributed by atoms with Gasteiger partial charge in [-0.1, -0.05) is 12.1 Å². The molecule has 0 radical (unpaired) electrons. The number of likely N-dealkylation sites (tertiary alicyclic amines) is 1. The van der Waals surface area contributed by atoms with Crippen LogP contribution in [-0.2, 0) is 11.3 Å². The number of carbonyl (C=O) groups excluding carboxylic acids is 1. The molecular formula is C16H23N3O3. The van der Waals surface area contributed by atoms with Gasteiger partial charge in [-0.15, -0.1) is 0 Å². The van der Waals surface area contributed by atoms with Gasteiger partial charge in [0, 0.05) is 44.7 Å². The summed E-state index contributed by atoms with van der Waals surface area (Å²) in [5.41, 5.74) is 1.81. The van der Waals surface area contributed by atoms with Crippen LogP contribution in [0.2, 0.25) is 0 Å². The Labute approximate surface area is 130 Å². The minimum absolute atomic E-state index is 0.138. The Morgan fingerprint density at radius 3 is 2.82 bits per heavy atom. The number of rotatable bonds is 5. The Hall–Kier alpha value is -1.95. The van der Waals surface area contributed by atoms with Crippen LogP contribution in [-0.4, -0.2) is 47.3 Å². The lowest BCUT2D eigenvalue weighted by Gasteiger charge is -2.21. The Kier molecular flexibility index (Phi) is 5.13. The van der Waals surface area contributed by atoms with Crippen LogP contribution in [0.25, 0.3) is 0 Å². The molecule has 120 valence electrons. The summed E-state index contributed by atoms with van der Waals surface area (Å²) in [5, 5.41) is 11.0. The summed E-state index contributed by atoms with van der Waals surface area (Å²) in [6.45, 7) is 6.58. The van der Waals surface area contributed by atoms with Crippen molar-refractivity contribution in [3.8, 4) is 0 Å². The highest BCUT2D eigenvalue weighted by Gasteiger charge is 2.25. The maximum Gasteiger partial charge on any atom is 0.272 e. The maximum absolute atomic E-state index is 11.4. The molecule has 1 atom stereocenters. The van der Waals surface area contributed by atoms with Crippen molar-refractivity contribution in [1.29, 1.82) is 0 Å². The molecule has 6 heteroatoms. The first-order chi connectivity index (χ1) is 10.4. The van der Waals surface area contributed by atoms with E-state index in [4.69, 9.17) is 0 Å². The van der Waals surface area contributed by atoms with Crippen LogP contribution in [0.4, 0.5) is 5.69 Å². The number of benzene rings is 1. The molecule has 0 saturated carbocycles. The third kappa shape index (κ3) is 4.04. The van der Waals surface area contributed by atoms with Crippen molar-refractivity contribution >= 4 is 11.6 Å². The molecule has 6 nitrogen and oxygen atoms in total. The van der Waals surface area contributed by atoms with Gasteiger partial charge in [0.2, 0.25) is 5.91 Å². The predicted octanol–water partition coefficient (Wildman–Crippen LogP) is 2.20. The molecule has 0 aromatic heterocycles. The molecule has 1 aromatic rings. The van der Waals surface area contributed by atoms with Gasteiger partial charge in [0.1, 0.15) is 0 Å². The summed E-state index contributed by atoms with van der Waals surface area (Å²) in [6.07, 6.45) is 1.03. The van der Waals surface area contributed by atoms with Crippen LogP contribution in [0.1, 0.15) is 24.5 Å². The number of amides is 1. The molecule has 0 unspecified atom stereocenters. The summed E-state index contributed by atoms with van der Waals surface area (Å²) >= 11 is 0. The van der Waals surface area contributed by atoms with Crippen molar-refractivity contribution in [1.82, 2.24) is 9.80 Å². The highest BCUT2D eigenvalue weighted by Crippen LogP contribution is 2.21. The van der Waals surface area contributed by atoms with Crippen molar-refractivity contribution in [3.63, 3.8) is 0 Å². The molecule has 1 amide bonds. The smallest absolute Gasteiger partial charge is 0.272 e. The highest BCUT2D eigenvalue weighted by molar-refractivity contribution is 5.73. The first-order valence-electron chi connectivity index (χ1n) is 7.54. The van der Waals surface area contributed by atoms with Crippen molar-refractivity contribution in [2.75, 3.05) is 26.7 Å². The van der Waals surface area contributed by atoms with E-state index in [0.29, 0.717) is 18.0 Å². The second kappa shape index (κ2) is 6.87. The van der Waals surface area contributed by atoms with Gasteiger partial charge in [0.15, 0.2) is 0 Å². The average Bonchev–Trinajstić information content (AvgIpc) is 2.89. The van der Waals surface area contributed by atoms with E-state index in [-0.39, 0.29) is 16.5 Å². The fourth-order valence-electron chi connectivity index (χ4n) is 3.03. The minimum Gasteiger partial charge on any atom is -0.343 e. The van der Waals surface area contributed by atoms with E-state index in [1.165, 1.54) is 0 Å². The van der Waals surface area contributed by atoms with Gasteiger partial charge in [-0.05, 0) is 31.9 Å². The zero-order chi connectivity index (χ0) is 16.3. The van der Waals surface area contributed by atoms with Gasteiger partial charge in [0.05, 0.1) is 4.92 Å². The lowest BCUT2D eigenvalue weighted by Crippen LogP contribution is -2.30. The molecule has 1 heterocycles. The van der Waals surface area contributed by atoms with E-state index in [1.807, 2.05) is 18.0 Å². The summed E-state index contributed by atoms with van der Waals surface area (Å²) in [5.74, 6) is 0.619. The standard InChI is InChI=1S/C16H23N3O3/c1-12-4-5-14(8-16(12)19(21)22)9-17(3)10-15-6-7-18(11-15)13(2)20/h4-5,8,15H,6-7,9-11H2,1-3H3/t15-/m0/s1. The fraction of sp³-hybridized carbons (Fsp3) is 0.562. The quantitative estimate of drug-likeness (QED) is 0.618. The number of hydrogen-bond acceptors (Lipinski definition) is 4.